The van der Waals surface area contributed by atoms with Crippen LogP contribution in [-0.4, -0.2) is 27.0 Å². The predicted octanol–water partition coefficient (Wildman–Crippen LogP) is 2.10. The summed E-state index contributed by atoms with van der Waals surface area (Å²) >= 11 is 0. The molecule has 1 aromatic carbocycles. The van der Waals surface area contributed by atoms with Gasteiger partial charge in [-0.3, -0.25) is 0 Å². The number of para-hydroxylation sites is 1. The van der Waals surface area contributed by atoms with E-state index in [0.29, 0.717) is 11.7 Å². The van der Waals surface area contributed by atoms with E-state index in [4.69, 9.17) is 0 Å². The van der Waals surface area contributed by atoms with Gasteiger partial charge in [-0.05, 0) is 36.8 Å². The van der Waals surface area contributed by atoms with Crippen LogP contribution in [0.1, 0.15) is 18.4 Å². The quantitative estimate of drug-likeness (QED) is 0.894. The summed E-state index contributed by atoms with van der Waals surface area (Å²) in [5.74, 6) is 0.872. The summed E-state index contributed by atoms with van der Waals surface area (Å²) in [5, 5.41) is 3.41. The molecule has 0 aromatic heterocycles. The number of hydrogen-bond acceptors (Lipinski definition) is 3. The van der Waals surface area contributed by atoms with Crippen molar-refractivity contribution in [2.75, 3.05) is 23.9 Å². The van der Waals surface area contributed by atoms with Crippen molar-refractivity contribution in [1.29, 1.82) is 0 Å². The lowest BCUT2D eigenvalue weighted by Gasteiger charge is -2.26. The molecule has 0 fully saturated rings. The van der Waals surface area contributed by atoms with Gasteiger partial charge in [0.1, 0.15) is 9.84 Å². The van der Waals surface area contributed by atoms with Crippen LogP contribution in [0, 0.1) is 5.92 Å². The van der Waals surface area contributed by atoms with Crippen LogP contribution in [0.3, 0.4) is 0 Å². The smallest absolute Gasteiger partial charge is 0.147 e. The molecule has 1 aliphatic heterocycles. The topological polar surface area (TPSA) is 46.2 Å². The van der Waals surface area contributed by atoms with E-state index in [2.05, 4.69) is 23.5 Å². The molecular formula is C13H19NO2S. The van der Waals surface area contributed by atoms with Crippen molar-refractivity contribution >= 4 is 15.5 Å². The molecule has 0 amide bonds. The Morgan fingerprint density at radius 2 is 2.12 bits per heavy atom. The van der Waals surface area contributed by atoms with Crippen molar-refractivity contribution in [2.45, 2.75) is 19.3 Å². The molecule has 17 heavy (non-hydrogen) atoms. The molecule has 0 spiro atoms. The van der Waals surface area contributed by atoms with Crippen LogP contribution in [-0.2, 0) is 16.3 Å². The molecule has 2 rings (SSSR count). The highest BCUT2D eigenvalue weighted by Gasteiger charge is 2.17. The fraction of sp³-hybridized carbons (Fsp3) is 0.538. The van der Waals surface area contributed by atoms with Crippen molar-refractivity contribution in [1.82, 2.24) is 0 Å². The average molecular weight is 253 g/mol. The first-order valence-corrected chi connectivity index (χ1v) is 8.10. The molecule has 1 heterocycles. The van der Waals surface area contributed by atoms with Crippen LogP contribution in [0.25, 0.3) is 0 Å². The van der Waals surface area contributed by atoms with Crippen LogP contribution < -0.4 is 5.32 Å². The number of nitrogens with one attached hydrogen (secondary N) is 1. The van der Waals surface area contributed by atoms with E-state index in [1.165, 1.54) is 17.5 Å². The van der Waals surface area contributed by atoms with Gasteiger partial charge >= 0.3 is 0 Å². The third-order valence-corrected chi connectivity index (χ3v) is 4.26. The maximum Gasteiger partial charge on any atom is 0.147 e. The van der Waals surface area contributed by atoms with Crippen LogP contribution in [0.2, 0.25) is 0 Å². The molecule has 0 aliphatic carbocycles. The number of fused-ring (bicyclic) bond motifs is 1. The minimum atomic E-state index is -2.81. The Labute approximate surface area is 103 Å². The van der Waals surface area contributed by atoms with Crippen LogP contribution in [0.15, 0.2) is 24.3 Å². The molecule has 1 aliphatic rings. The van der Waals surface area contributed by atoms with Crippen LogP contribution >= 0.6 is 0 Å². The second-order valence-electron chi connectivity index (χ2n) is 4.88. The second kappa shape index (κ2) is 5.08. The second-order valence-corrected chi connectivity index (χ2v) is 7.14. The zero-order valence-electron chi connectivity index (χ0n) is 10.1. The van der Waals surface area contributed by atoms with Crippen LogP contribution in [0.5, 0.6) is 0 Å². The Bertz CT molecular complexity index is 482. The summed E-state index contributed by atoms with van der Waals surface area (Å²) < 4.78 is 22.1. The fourth-order valence-electron chi connectivity index (χ4n) is 2.35. The van der Waals surface area contributed by atoms with Gasteiger partial charge in [0.15, 0.2) is 0 Å². The maximum absolute atomic E-state index is 11.1. The normalized spacial score (nSPS) is 19.5. The summed E-state index contributed by atoms with van der Waals surface area (Å²) in [6.07, 6.45) is 4.12. The molecule has 0 saturated heterocycles. The molecule has 0 bridgehead atoms. The van der Waals surface area contributed by atoms with Gasteiger partial charge in [0.05, 0.1) is 0 Å². The van der Waals surface area contributed by atoms with Gasteiger partial charge in [-0.2, -0.15) is 0 Å². The molecule has 4 heteroatoms. The van der Waals surface area contributed by atoms with E-state index in [-0.39, 0.29) is 0 Å². The van der Waals surface area contributed by atoms with Crippen LogP contribution in [0.4, 0.5) is 5.69 Å². The summed E-state index contributed by atoms with van der Waals surface area (Å²) in [6, 6.07) is 8.34. The van der Waals surface area contributed by atoms with Gasteiger partial charge in [-0.1, -0.05) is 18.2 Å². The number of rotatable bonds is 4. The van der Waals surface area contributed by atoms with Gasteiger partial charge < -0.3 is 5.32 Å². The summed E-state index contributed by atoms with van der Waals surface area (Å²) in [6.45, 7) is 0.959. The lowest BCUT2D eigenvalue weighted by Crippen LogP contribution is -2.23. The van der Waals surface area contributed by atoms with Crippen molar-refractivity contribution in [2.24, 2.45) is 5.92 Å². The van der Waals surface area contributed by atoms with E-state index in [1.807, 2.05) is 6.07 Å². The van der Waals surface area contributed by atoms with Gasteiger partial charge in [0.25, 0.3) is 0 Å². The molecule has 1 unspecified atom stereocenters. The Hall–Kier alpha value is -1.03. The standard InChI is InChI=1S/C13H19NO2S/c1-17(15,16)8-4-5-11-9-12-6-2-3-7-13(12)14-10-11/h2-3,6-7,11,14H,4-5,8-10H2,1H3. The number of anilines is 1. The van der Waals surface area contributed by atoms with Crippen molar-refractivity contribution in [3.63, 3.8) is 0 Å². The highest BCUT2D eigenvalue weighted by atomic mass is 32.2. The van der Waals surface area contributed by atoms with Gasteiger partial charge in [0, 0.05) is 24.2 Å². The Morgan fingerprint density at radius 1 is 1.35 bits per heavy atom. The fourth-order valence-corrected chi connectivity index (χ4v) is 3.04. The highest BCUT2D eigenvalue weighted by Crippen LogP contribution is 2.26. The molecular weight excluding hydrogens is 234 g/mol. The molecule has 1 aromatic rings. The minimum Gasteiger partial charge on any atom is -0.385 e. The third-order valence-electron chi connectivity index (χ3n) is 3.23. The zero-order chi connectivity index (χ0) is 12.3. The number of hydrogen-bond donors (Lipinski definition) is 1. The molecule has 94 valence electrons. The van der Waals surface area contributed by atoms with Gasteiger partial charge in [-0.15, -0.1) is 0 Å². The first kappa shape index (κ1) is 12.4. The summed E-state index contributed by atoms with van der Waals surface area (Å²) in [4.78, 5) is 0. The first-order valence-electron chi connectivity index (χ1n) is 6.04. The maximum atomic E-state index is 11.1. The summed E-state index contributed by atoms with van der Waals surface area (Å²) in [7, 11) is -2.81. The highest BCUT2D eigenvalue weighted by molar-refractivity contribution is 7.90. The first-order chi connectivity index (χ1) is 8.04. The molecule has 1 atom stereocenters. The number of benzene rings is 1. The zero-order valence-corrected chi connectivity index (χ0v) is 11.0. The number of sulfone groups is 1. The lowest BCUT2D eigenvalue weighted by atomic mass is 9.91. The molecule has 3 nitrogen and oxygen atoms in total. The third kappa shape index (κ3) is 3.73. The van der Waals surface area contributed by atoms with Gasteiger partial charge in [0.2, 0.25) is 0 Å². The van der Waals surface area contributed by atoms with E-state index in [0.717, 1.165) is 25.8 Å². The Morgan fingerprint density at radius 3 is 2.88 bits per heavy atom. The summed E-state index contributed by atoms with van der Waals surface area (Å²) in [5.41, 5.74) is 2.58. The predicted molar refractivity (Wildman–Crippen MR) is 71.1 cm³/mol. The SMILES string of the molecule is CS(=O)(=O)CCCC1CNc2ccccc2C1. The molecule has 0 saturated carbocycles. The van der Waals surface area contributed by atoms with E-state index < -0.39 is 9.84 Å². The minimum absolute atomic E-state index is 0.311. The average Bonchev–Trinajstić information content (AvgIpc) is 2.27. The molecule has 1 N–H and O–H groups in total. The van der Waals surface area contributed by atoms with Crippen molar-refractivity contribution in [3.05, 3.63) is 29.8 Å². The monoisotopic (exact) mass is 253 g/mol. The Kier molecular flexibility index (Phi) is 3.72. The van der Waals surface area contributed by atoms with E-state index in [1.54, 1.807) is 0 Å². The molecule has 0 radical (unpaired) electrons. The van der Waals surface area contributed by atoms with Crippen molar-refractivity contribution < 1.29 is 8.42 Å². The largest absolute Gasteiger partial charge is 0.385 e. The van der Waals surface area contributed by atoms with Crippen molar-refractivity contribution in [3.8, 4) is 0 Å². The van der Waals surface area contributed by atoms with E-state index in [9.17, 15) is 8.42 Å². The Balaban J connectivity index is 1.86. The van der Waals surface area contributed by atoms with Gasteiger partial charge in [-0.25, -0.2) is 8.42 Å². The van der Waals surface area contributed by atoms with E-state index >= 15 is 0 Å². The lowest BCUT2D eigenvalue weighted by molar-refractivity contribution is 0.488.